The number of benzene rings is 1. The summed E-state index contributed by atoms with van der Waals surface area (Å²) in [5.41, 5.74) is 9.31. The molecule has 2 N–H and O–H groups in total. The molecule has 1 fully saturated rings. The number of hydrogen-bond acceptors (Lipinski definition) is 3. The smallest absolute Gasteiger partial charge is 0.136 e. The highest BCUT2D eigenvalue weighted by Gasteiger charge is 2.40. The fraction of sp³-hybridized carbons (Fsp3) is 0.375. The molecule has 20 heavy (non-hydrogen) atoms. The molecule has 4 heteroatoms. The largest absolute Gasteiger partial charge is 0.329 e. The summed E-state index contributed by atoms with van der Waals surface area (Å²) in [6.45, 7) is 2.74. The van der Waals surface area contributed by atoms with E-state index in [-0.39, 0.29) is 5.41 Å². The zero-order valence-corrected chi connectivity index (χ0v) is 13.2. The molecule has 3 nitrogen and oxygen atoms in total. The summed E-state index contributed by atoms with van der Waals surface area (Å²) in [6, 6.07) is 8.23. The van der Waals surface area contributed by atoms with E-state index in [1.165, 1.54) is 12.0 Å². The summed E-state index contributed by atoms with van der Waals surface area (Å²) >= 11 is 3.53. The van der Waals surface area contributed by atoms with E-state index in [2.05, 4.69) is 40.0 Å². The lowest BCUT2D eigenvalue weighted by Crippen LogP contribution is -2.43. The number of nitrogens with zero attached hydrogens (tertiary/aromatic N) is 2. The van der Waals surface area contributed by atoms with Gasteiger partial charge in [-0.3, -0.25) is 0 Å². The SMILES string of the molecule is Cc1ccc(Br)cc1-c1ccnc(C2(CN)CCC2)n1. The molecule has 0 amide bonds. The minimum absolute atomic E-state index is 0.00985. The molecule has 1 aliphatic rings. The van der Waals surface area contributed by atoms with Crippen LogP contribution in [0.3, 0.4) is 0 Å². The molecule has 0 aliphatic heterocycles. The summed E-state index contributed by atoms with van der Waals surface area (Å²) in [4.78, 5) is 9.28. The highest BCUT2D eigenvalue weighted by Crippen LogP contribution is 2.41. The summed E-state index contributed by atoms with van der Waals surface area (Å²) in [6.07, 6.45) is 5.28. The van der Waals surface area contributed by atoms with Crippen molar-refractivity contribution in [1.29, 1.82) is 0 Å². The zero-order valence-electron chi connectivity index (χ0n) is 11.6. The summed E-state index contributed by atoms with van der Waals surface area (Å²) < 4.78 is 1.07. The maximum atomic E-state index is 5.96. The van der Waals surface area contributed by atoms with Gasteiger partial charge in [0, 0.05) is 28.2 Å². The molecule has 0 saturated heterocycles. The molecule has 0 unspecified atom stereocenters. The first-order valence-corrected chi connectivity index (χ1v) is 7.74. The van der Waals surface area contributed by atoms with Gasteiger partial charge in [-0.1, -0.05) is 28.4 Å². The first kappa shape index (κ1) is 13.7. The summed E-state index contributed by atoms with van der Waals surface area (Å²) in [7, 11) is 0. The fourth-order valence-corrected chi connectivity index (χ4v) is 3.12. The third-order valence-electron chi connectivity index (χ3n) is 4.31. The molecule has 0 bridgehead atoms. The van der Waals surface area contributed by atoms with Gasteiger partial charge in [0.1, 0.15) is 5.82 Å². The van der Waals surface area contributed by atoms with Crippen LogP contribution in [0.25, 0.3) is 11.3 Å². The van der Waals surface area contributed by atoms with Crippen LogP contribution in [0.5, 0.6) is 0 Å². The van der Waals surface area contributed by atoms with E-state index in [1.54, 1.807) is 0 Å². The van der Waals surface area contributed by atoms with Crippen molar-refractivity contribution < 1.29 is 0 Å². The van der Waals surface area contributed by atoms with Crippen molar-refractivity contribution in [3.8, 4) is 11.3 Å². The lowest BCUT2D eigenvalue weighted by Gasteiger charge is -2.39. The van der Waals surface area contributed by atoms with Crippen LogP contribution in [0.4, 0.5) is 0 Å². The van der Waals surface area contributed by atoms with Crippen LogP contribution in [-0.4, -0.2) is 16.5 Å². The molecule has 0 spiro atoms. The minimum atomic E-state index is 0.00985. The Morgan fingerprint density at radius 1 is 1.30 bits per heavy atom. The second-order valence-corrected chi connectivity index (χ2v) is 6.48. The number of halogens is 1. The van der Waals surface area contributed by atoms with E-state index in [4.69, 9.17) is 10.7 Å². The fourth-order valence-electron chi connectivity index (χ4n) is 2.76. The number of aryl methyl sites for hydroxylation is 1. The molecular weight excluding hydrogens is 314 g/mol. The first-order valence-electron chi connectivity index (χ1n) is 6.95. The molecular formula is C16H18BrN3. The number of rotatable bonds is 3. The van der Waals surface area contributed by atoms with Crippen LogP contribution in [0.2, 0.25) is 0 Å². The van der Waals surface area contributed by atoms with Gasteiger partial charge < -0.3 is 5.73 Å². The van der Waals surface area contributed by atoms with Crippen molar-refractivity contribution >= 4 is 15.9 Å². The van der Waals surface area contributed by atoms with Crippen LogP contribution < -0.4 is 5.73 Å². The van der Waals surface area contributed by atoms with Crippen LogP contribution in [0, 0.1) is 6.92 Å². The van der Waals surface area contributed by atoms with Gasteiger partial charge in [0.15, 0.2) is 0 Å². The Hall–Kier alpha value is -1.26. The Morgan fingerprint density at radius 3 is 2.75 bits per heavy atom. The Kier molecular flexibility index (Phi) is 3.61. The van der Waals surface area contributed by atoms with Gasteiger partial charge in [0.05, 0.1) is 5.69 Å². The first-order chi connectivity index (χ1) is 9.64. The third-order valence-corrected chi connectivity index (χ3v) is 4.80. The Bertz CT molecular complexity index is 630. The van der Waals surface area contributed by atoms with Crippen LogP contribution in [-0.2, 0) is 5.41 Å². The molecule has 1 saturated carbocycles. The zero-order chi connectivity index (χ0) is 14.2. The Balaban J connectivity index is 2.05. The van der Waals surface area contributed by atoms with E-state index in [1.807, 2.05) is 18.3 Å². The second-order valence-electron chi connectivity index (χ2n) is 5.56. The number of nitrogens with two attached hydrogens (primary N) is 1. The van der Waals surface area contributed by atoms with Gasteiger partial charge in [-0.05, 0) is 43.5 Å². The lowest BCUT2D eigenvalue weighted by atomic mass is 9.68. The predicted molar refractivity (Wildman–Crippen MR) is 84.5 cm³/mol. The minimum Gasteiger partial charge on any atom is -0.329 e. The lowest BCUT2D eigenvalue weighted by molar-refractivity contribution is 0.238. The number of aromatic nitrogens is 2. The maximum absolute atomic E-state index is 5.96. The normalized spacial score (nSPS) is 16.8. The van der Waals surface area contributed by atoms with Crippen molar-refractivity contribution in [3.05, 3.63) is 46.3 Å². The molecule has 1 aromatic carbocycles. The van der Waals surface area contributed by atoms with Crippen LogP contribution in [0.1, 0.15) is 30.7 Å². The van der Waals surface area contributed by atoms with E-state index < -0.39 is 0 Å². The molecule has 0 atom stereocenters. The van der Waals surface area contributed by atoms with Crippen LogP contribution >= 0.6 is 15.9 Å². The second kappa shape index (κ2) is 5.26. The van der Waals surface area contributed by atoms with Gasteiger partial charge in [-0.25, -0.2) is 9.97 Å². The molecule has 1 aromatic heterocycles. The van der Waals surface area contributed by atoms with Gasteiger partial charge in [-0.2, -0.15) is 0 Å². The number of hydrogen-bond donors (Lipinski definition) is 1. The van der Waals surface area contributed by atoms with Gasteiger partial charge >= 0.3 is 0 Å². The quantitative estimate of drug-likeness (QED) is 0.934. The van der Waals surface area contributed by atoms with Crippen molar-refractivity contribution in [2.24, 2.45) is 5.73 Å². The topological polar surface area (TPSA) is 51.8 Å². The maximum Gasteiger partial charge on any atom is 0.136 e. The Morgan fingerprint density at radius 2 is 2.10 bits per heavy atom. The molecule has 104 valence electrons. The van der Waals surface area contributed by atoms with Crippen LogP contribution in [0.15, 0.2) is 34.9 Å². The van der Waals surface area contributed by atoms with Crippen molar-refractivity contribution in [1.82, 2.24) is 9.97 Å². The highest BCUT2D eigenvalue weighted by molar-refractivity contribution is 9.10. The van der Waals surface area contributed by atoms with E-state index in [9.17, 15) is 0 Å². The third kappa shape index (κ3) is 2.27. The average Bonchev–Trinajstić information content (AvgIpc) is 2.41. The van der Waals surface area contributed by atoms with Crippen molar-refractivity contribution in [3.63, 3.8) is 0 Å². The molecule has 0 radical (unpaired) electrons. The summed E-state index contributed by atoms with van der Waals surface area (Å²) in [5.74, 6) is 0.906. The van der Waals surface area contributed by atoms with E-state index in [0.717, 1.165) is 34.4 Å². The van der Waals surface area contributed by atoms with E-state index in [0.29, 0.717) is 6.54 Å². The highest BCUT2D eigenvalue weighted by atomic mass is 79.9. The van der Waals surface area contributed by atoms with Gasteiger partial charge in [0.2, 0.25) is 0 Å². The predicted octanol–water partition coefficient (Wildman–Crippen LogP) is 3.59. The van der Waals surface area contributed by atoms with Gasteiger partial charge in [0.25, 0.3) is 0 Å². The standard InChI is InChI=1S/C16H18BrN3/c1-11-3-4-12(17)9-13(11)14-5-8-19-15(20-14)16(10-18)6-2-7-16/h3-5,8-9H,2,6-7,10,18H2,1H3. The molecule has 3 rings (SSSR count). The molecule has 2 aromatic rings. The molecule has 1 aliphatic carbocycles. The summed E-state index contributed by atoms with van der Waals surface area (Å²) in [5, 5.41) is 0. The van der Waals surface area contributed by atoms with Crippen molar-refractivity contribution in [2.45, 2.75) is 31.6 Å². The average molecular weight is 332 g/mol. The Labute approximate surface area is 127 Å². The molecule has 1 heterocycles. The van der Waals surface area contributed by atoms with Gasteiger partial charge in [-0.15, -0.1) is 0 Å². The van der Waals surface area contributed by atoms with E-state index >= 15 is 0 Å². The monoisotopic (exact) mass is 331 g/mol. The van der Waals surface area contributed by atoms with Crippen molar-refractivity contribution in [2.75, 3.05) is 6.54 Å².